The second kappa shape index (κ2) is 11.4. The molecule has 3 aromatic rings. The summed E-state index contributed by atoms with van der Waals surface area (Å²) in [7, 11) is -1.13. The van der Waals surface area contributed by atoms with Crippen LogP contribution in [-0.2, 0) is 21.4 Å². The van der Waals surface area contributed by atoms with Crippen molar-refractivity contribution in [3.63, 3.8) is 0 Å². The topological polar surface area (TPSA) is 97.3 Å². The van der Waals surface area contributed by atoms with Gasteiger partial charge in [0.1, 0.15) is 16.4 Å². The molecule has 0 fully saturated rings. The van der Waals surface area contributed by atoms with Crippen LogP contribution in [0.4, 0.5) is 0 Å². The number of carbonyl (C=O) groups is 1. The number of hydrogen-bond donors (Lipinski definition) is 1. The lowest BCUT2D eigenvalue weighted by Crippen LogP contribution is -2.39. The maximum atomic E-state index is 13.6. The Hall–Kier alpha value is -3.69. The molecule has 3 aromatic carbocycles. The van der Waals surface area contributed by atoms with Gasteiger partial charge >= 0.3 is 0 Å². The van der Waals surface area contributed by atoms with Crippen LogP contribution in [0.3, 0.4) is 0 Å². The predicted molar refractivity (Wildman–Crippen MR) is 130 cm³/mol. The molecule has 0 atom stereocenters. The first-order chi connectivity index (χ1) is 16.3. The molecular weight excluding hydrogens is 454 g/mol. The van der Waals surface area contributed by atoms with Crippen LogP contribution in [0.25, 0.3) is 0 Å². The number of hydrazone groups is 1. The largest absolute Gasteiger partial charge is 0.496 e. The van der Waals surface area contributed by atoms with E-state index in [0.717, 1.165) is 15.4 Å². The molecule has 3 rings (SSSR count). The van der Waals surface area contributed by atoms with Gasteiger partial charge in [0.15, 0.2) is 0 Å². The summed E-state index contributed by atoms with van der Waals surface area (Å²) in [6.45, 7) is 1.36. The van der Waals surface area contributed by atoms with E-state index in [1.54, 1.807) is 43.3 Å². The fourth-order valence-corrected chi connectivity index (χ4v) is 4.90. The van der Waals surface area contributed by atoms with E-state index in [-0.39, 0.29) is 17.2 Å². The zero-order valence-electron chi connectivity index (χ0n) is 19.3. The molecule has 1 N–H and O–H groups in total. The quantitative estimate of drug-likeness (QED) is 0.354. The molecule has 0 saturated carbocycles. The minimum absolute atomic E-state index is 0.00347. The molecule has 178 valence electrons. The second-order valence-electron chi connectivity index (χ2n) is 7.45. The number of ether oxygens (including phenoxy) is 2. The van der Waals surface area contributed by atoms with Gasteiger partial charge in [-0.1, -0.05) is 48.5 Å². The van der Waals surface area contributed by atoms with Crippen molar-refractivity contribution in [1.29, 1.82) is 0 Å². The Morgan fingerprint density at radius 3 is 2.35 bits per heavy atom. The first-order valence-electron chi connectivity index (χ1n) is 10.5. The highest BCUT2D eigenvalue weighted by Crippen LogP contribution is 2.28. The first kappa shape index (κ1) is 24.9. The molecule has 9 heteroatoms. The van der Waals surface area contributed by atoms with Crippen molar-refractivity contribution in [2.24, 2.45) is 5.10 Å². The Morgan fingerprint density at radius 2 is 1.65 bits per heavy atom. The van der Waals surface area contributed by atoms with Gasteiger partial charge in [-0.05, 0) is 42.3 Å². The van der Waals surface area contributed by atoms with Crippen molar-refractivity contribution >= 4 is 22.1 Å². The summed E-state index contributed by atoms with van der Waals surface area (Å²) in [5.41, 5.74) is 4.56. The van der Waals surface area contributed by atoms with Crippen LogP contribution in [0, 0.1) is 6.92 Å². The van der Waals surface area contributed by atoms with Gasteiger partial charge < -0.3 is 9.47 Å². The lowest BCUT2D eigenvalue weighted by atomic mass is 10.2. The Kier molecular flexibility index (Phi) is 8.39. The van der Waals surface area contributed by atoms with Crippen LogP contribution < -0.4 is 14.9 Å². The van der Waals surface area contributed by atoms with Gasteiger partial charge in [-0.15, -0.1) is 0 Å². The average molecular weight is 482 g/mol. The van der Waals surface area contributed by atoms with Crippen LogP contribution in [0.2, 0.25) is 0 Å². The van der Waals surface area contributed by atoms with Gasteiger partial charge in [-0.25, -0.2) is 13.8 Å². The first-order valence-corrected chi connectivity index (χ1v) is 11.9. The third-order valence-electron chi connectivity index (χ3n) is 4.99. The van der Waals surface area contributed by atoms with Crippen molar-refractivity contribution in [1.82, 2.24) is 9.73 Å². The fraction of sp³-hybridized carbons (Fsp3) is 0.200. The van der Waals surface area contributed by atoms with Gasteiger partial charge in [0.2, 0.25) is 10.0 Å². The number of rotatable bonds is 10. The number of para-hydroxylation sites is 1. The Morgan fingerprint density at radius 1 is 0.971 bits per heavy atom. The SMILES string of the molecule is COc1ccccc1/C=N/NC(=O)CN(Cc1ccccc1)S(=O)(=O)c1cc(C)ccc1OC. The number of benzene rings is 3. The standard InChI is InChI=1S/C25H27N3O5S/c1-19-13-14-23(33-3)24(15-19)34(30,31)28(17-20-9-5-4-6-10-20)18-25(29)27-26-16-21-11-7-8-12-22(21)32-2/h4-16H,17-18H2,1-3H3,(H,27,29)/b26-16+. The third kappa shape index (κ3) is 6.21. The van der Waals surface area contributed by atoms with Crippen molar-refractivity contribution in [2.75, 3.05) is 20.8 Å². The van der Waals surface area contributed by atoms with Crippen LogP contribution >= 0.6 is 0 Å². The van der Waals surface area contributed by atoms with Crippen LogP contribution in [0.1, 0.15) is 16.7 Å². The number of nitrogens with one attached hydrogen (secondary N) is 1. The number of nitrogens with zero attached hydrogens (tertiary/aromatic N) is 2. The number of hydrogen-bond acceptors (Lipinski definition) is 6. The Bertz CT molecular complexity index is 1260. The van der Waals surface area contributed by atoms with E-state index in [2.05, 4.69) is 10.5 Å². The minimum atomic E-state index is -4.07. The molecule has 1 amide bonds. The van der Waals surface area contributed by atoms with Crippen LogP contribution in [0.15, 0.2) is 82.8 Å². The molecule has 0 unspecified atom stereocenters. The summed E-state index contributed by atoms with van der Waals surface area (Å²) in [5, 5.41) is 3.96. The summed E-state index contributed by atoms with van der Waals surface area (Å²) in [6, 6.07) is 21.1. The molecule has 0 saturated heterocycles. The second-order valence-corrected chi connectivity index (χ2v) is 9.35. The van der Waals surface area contributed by atoms with Gasteiger partial charge in [0, 0.05) is 12.1 Å². The van der Waals surface area contributed by atoms with E-state index in [4.69, 9.17) is 9.47 Å². The lowest BCUT2D eigenvalue weighted by Gasteiger charge is -2.23. The number of aryl methyl sites for hydroxylation is 1. The van der Waals surface area contributed by atoms with Crippen molar-refractivity contribution < 1.29 is 22.7 Å². The van der Waals surface area contributed by atoms with E-state index >= 15 is 0 Å². The molecule has 0 spiro atoms. The van der Waals surface area contributed by atoms with E-state index in [9.17, 15) is 13.2 Å². The smallest absolute Gasteiger partial charge is 0.255 e. The highest BCUT2D eigenvalue weighted by molar-refractivity contribution is 7.89. The molecule has 0 aromatic heterocycles. The molecule has 0 aliphatic heterocycles. The van der Waals surface area contributed by atoms with E-state index in [0.29, 0.717) is 11.3 Å². The van der Waals surface area contributed by atoms with Gasteiger partial charge in [-0.3, -0.25) is 4.79 Å². The zero-order chi connectivity index (χ0) is 24.6. The summed E-state index contributed by atoms with van der Waals surface area (Å²) in [4.78, 5) is 12.7. The van der Waals surface area contributed by atoms with Gasteiger partial charge in [-0.2, -0.15) is 9.41 Å². The summed E-state index contributed by atoms with van der Waals surface area (Å²) < 4.78 is 38.8. The lowest BCUT2D eigenvalue weighted by molar-refractivity contribution is -0.121. The third-order valence-corrected chi connectivity index (χ3v) is 6.80. The summed E-state index contributed by atoms with van der Waals surface area (Å²) in [6.07, 6.45) is 1.44. The molecule has 0 heterocycles. The molecular formula is C25H27N3O5S. The minimum Gasteiger partial charge on any atom is -0.496 e. The van der Waals surface area contributed by atoms with Crippen molar-refractivity contribution in [3.05, 3.63) is 89.5 Å². The van der Waals surface area contributed by atoms with E-state index < -0.39 is 22.5 Å². The molecule has 0 aliphatic carbocycles. The summed E-state index contributed by atoms with van der Waals surface area (Å²) in [5.74, 6) is 0.218. The van der Waals surface area contributed by atoms with Crippen molar-refractivity contribution in [2.45, 2.75) is 18.4 Å². The predicted octanol–water partition coefficient (Wildman–Crippen LogP) is 3.35. The molecule has 0 radical (unpaired) electrons. The maximum absolute atomic E-state index is 13.6. The van der Waals surface area contributed by atoms with Crippen LogP contribution in [-0.4, -0.2) is 45.6 Å². The number of amides is 1. The number of sulfonamides is 1. The highest BCUT2D eigenvalue weighted by atomic mass is 32.2. The monoisotopic (exact) mass is 481 g/mol. The molecule has 0 aliphatic rings. The van der Waals surface area contributed by atoms with E-state index in [1.165, 1.54) is 26.5 Å². The summed E-state index contributed by atoms with van der Waals surface area (Å²) >= 11 is 0. The number of carbonyl (C=O) groups excluding carboxylic acids is 1. The van der Waals surface area contributed by atoms with Crippen molar-refractivity contribution in [3.8, 4) is 11.5 Å². The van der Waals surface area contributed by atoms with Crippen LogP contribution in [0.5, 0.6) is 11.5 Å². The number of methoxy groups -OCH3 is 2. The van der Waals surface area contributed by atoms with E-state index in [1.807, 2.05) is 30.3 Å². The molecule has 8 nitrogen and oxygen atoms in total. The average Bonchev–Trinajstić information content (AvgIpc) is 2.84. The highest BCUT2D eigenvalue weighted by Gasteiger charge is 2.30. The van der Waals surface area contributed by atoms with Gasteiger partial charge in [0.05, 0.1) is 27.0 Å². The Labute approximate surface area is 199 Å². The van der Waals surface area contributed by atoms with Gasteiger partial charge in [0.25, 0.3) is 5.91 Å². The maximum Gasteiger partial charge on any atom is 0.255 e. The zero-order valence-corrected chi connectivity index (χ0v) is 20.1. The molecule has 0 bridgehead atoms. The normalized spacial score (nSPS) is 11.5. The fourth-order valence-electron chi connectivity index (χ4n) is 3.28. The molecule has 34 heavy (non-hydrogen) atoms. The Balaban J connectivity index is 1.85.